The summed E-state index contributed by atoms with van der Waals surface area (Å²) in [5.74, 6) is -0.0975. The molecule has 0 aromatic heterocycles. The van der Waals surface area contributed by atoms with Gasteiger partial charge in [0.15, 0.2) is 0 Å². The lowest BCUT2D eigenvalue weighted by atomic mass is 10.00. The van der Waals surface area contributed by atoms with Crippen molar-refractivity contribution in [2.45, 2.75) is 6.54 Å². The van der Waals surface area contributed by atoms with Crippen LogP contribution >= 0.6 is 0 Å². The molecular weight excluding hydrogens is 207 g/mol. The molecule has 1 aromatic carbocycles. The lowest BCUT2D eigenvalue weighted by Crippen LogP contribution is -2.47. The zero-order chi connectivity index (χ0) is 11.5. The Balaban J connectivity index is 2.03. The number of nitriles is 1. The Hall–Kier alpha value is -1.44. The summed E-state index contributed by atoms with van der Waals surface area (Å²) in [4.78, 5) is 2.06. The van der Waals surface area contributed by atoms with Crippen molar-refractivity contribution in [3.63, 3.8) is 0 Å². The summed E-state index contributed by atoms with van der Waals surface area (Å²) < 4.78 is 13.7. The Kier molecular flexibility index (Phi) is 3.18. The van der Waals surface area contributed by atoms with Crippen LogP contribution in [0.3, 0.4) is 0 Å². The first kappa shape index (κ1) is 11.1. The summed E-state index contributed by atoms with van der Waals surface area (Å²) in [5.41, 5.74) is 0.646. The molecule has 1 saturated heterocycles. The Morgan fingerprint density at radius 1 is 1.50 bits per heavy atom. The van der Waals surface area contributed by atoms with Crippen LogP contribution in [0.15, 0.2) is 18.2 Å². The molecule has 0 saturated carbocycles. The summed E-state index contributed by atoms with van der Waals surface area (Å²) in [7, 11) is 0. The minimum atomic E-state index is -0.419. The molecule has 3 nitrogen and oxygen atoms in total. The maximum Gasteiger partial charge on any atom is 0.145 e. The van der Waals surface area contributed by atoms with Crippen molar-refractivity contribution in [1.82, 2.24) is 4.90 Å². The van der Waals surface area contributed by atoms with Crippen molar-refractivity contribution in [2.24, 2.45) is 5.92 Å². The SMILES string of the molecule is N#Cc1cccc(CN2CC(CO)C2)c1F. The fraction of sp³-hybridized carbons (Fsp3) is 0.417. The first-order valence-electron chi connectivity index (χ1n) is 5.25. The van der Waals surface area contributed by atoms with Crippen molar-refractivity contribution in [2.75, 3.05) is 19.7 Å². The number of aliphatic hydroxyl groups is 1. The number of likely N-dealkylation sites (tertiary alicyclic amines) is 1. The highest BCUT2D eigenvalue weighted by Gasteiger charge is 2.26. The van der Waals surface area contributed by atoms with Gasteiger partial charge in [0.1, 0.15) is 11.9 Å². The van der Waals surface area contributed by atoms with Gasteiger partial charge in [0.05, 0.1) is 5.56 Å². The van der Waals surface area contributed by atoms with E-state index in [1.54, 1.807) is 12.1 Å². The molecule has 4 heteroatoms. The van der Waals surface area contributed by atoms with Gasteiger partial charge in [0, 0.05) is 37.7 Å². The normalized spacial score (nSPS) is 16.8. The minimum absolute atomic E-state index is 0.0942. The van der Waals surface area contributed by atoms with Crippen molar-refractivity contribution in [3.05, 3.63) is 35.1 Å². The molecule has 1 N–H and O–H groups in total. The summed E-state index contributed by atoms with van der Waals surface area (Å²) in [6.07, 6.45) is 0. The van der Waals surface area contributed by atoms with Crippen LogP contribution in [0.25, 0.3) is 0 Å². The molecule has 0 atom stereocenters. The molecule has 0 unspecified atom stereocenters. The molecule has 0 spiro atoms. The van der Waals surface area contributed by atoms with Gasteiger partial charge >= 0.3 is 0 Å². The Labute approximate surface area is 93.7 Å². The molecule has 0 aliphatic carbocycles. The predicted octanol–water partition coefficient (Wildman–Crippen LogP) is 1.12. The number of nitrogens with zero attached hydrogens (tertiary/aromatic N) is 2. The molecule has 2 rings (SSSR count). The fourth-order valence-electron chi connectivity index (χ4n) is 1.95. The van der Waals surface area contributed by atoms with Gasteiger partial charge in [-0.1, -0.05) is 12.1 Å². The van der Waals surface area contributed by atoms with Crippen molar-refractivity contribution < 1.29 is 9.50 Å². The number of hydrogen-bond acceptors (Lipinski definition) is 3. The van der Waals surface area contributed by atoms with E-state index in [0.717, 1.165) is 13.1 Å². The van der Waals surface area contributed by atoms with Crippen LogP contribution < -0.4 is 0 Å². The second kappa shape index (κ2) is 4.60. The average Bonchev–Trinajstić information content (AvgIpc) is 2.25. The lowest BCUT2D eigenvalue weighted by molar-refractivity contribution is 0.0471. The van der Waals surface area contributed by atoms with Crippen molar-refractivity contribution >= 4 is 0 Å². The average molecular weight is 220 g/mol. The molecule has 0 radical (unpaired) electrons. The van der Waals surface area contributed by atoms with E-state index in [2.05, 4.69) is 4.90 Å². The van der Waals surface area contributed by atoms with E-state index < -0.39 is 5.82 Å². The fourth-order valence-corrected chi connectivity index (χ4v) is 1.95. The third-order valence-electron chi connectivity index (χ3n) is 2.88. The Bertz CT molecular complexity index is 422. The second-order valence-corrected chi connectivity index (χ2v) is 4.13. The number of halogens is 1. The maximum absolute atomic E-state index is 13.7. The molecule has 1 aliphatic rings. The van der Waals surface area contributed by atoms with Gasteiger partial charge in [-0.05, 0) is 6.07 Å². The van der Waals surface area contributed by atoms with Crippen LogP contribution in [0, 0.1) is 23.1 Å². The molecule has 0 amide bonds. The minimum Gasteiger partial charge on any atom is -0.396 e. The predicted molar refractivity (Wildman–Crippen MR) is 57.0 cm³/mol. The first-order valence-corrected chi connectivity index (χ1v) is 5.25. The summed E-state index contributed by atoms with van der Waals surface area (Å²) in [5, 5.41) is 17.6. The Morgan fingerprint density at radius 3 is 2.88 bits per heavy atom. The van der Waals surface area contributed by atoms with E-state index in [0.29, 0.717) is 18.0 Å². The van der Waals surface area contributed by atoms with Crippen molar-refractivity contribution in [1.29, 1.82) is 5.26 Å². The largest absolute Gasteiger partial charge is 0.396 e. The van der Waals surface area contributed by atoms with E-state index in [-0.39, 0.29) is 12.2 Å². The van der Waals surface area contributed by atoms with Crippen LogP contribution in [-0.2, 0) is 6.54 Å². The maximum atomic E-state index is 13.7. The quantitative estimate of drug-likeness (QED) is 0.830. The third-order valence-corrected chi connectivity index (χ3v) is 2.88. The highest BCUT2D eigenvalue weighted by atomic mass is 19.1. The van der Waals surface area contributed by atoms with E-state index in [1.807, 2.05) is 6.07 Å². The highest BCUT2D eigenvalue weighted by molar-refractivity contribution is 5.34. The van der Waals surface area contributed by atoms with Gasteiger partial charge in [-0.15, -0.1) is 0 Å². The second-order valence-electron chi connectivity index (χ2n) is 4.13. The third kappa shape index (κ3) is 2.06. The van der Waals surface area contributed by atoms with E-state index in [4.69, 9.17) is 10.4 Å². The zero-order valence-corrected chi connectivity index (χ0v) is 8.86. The molecule has 1 aliphatic heterocycles. The van der Waals surface area contributed by atoms with Gasteiger partial charge in [0.2, 0.25) is 0 Å². The van der Waals surface area contributed by atoms with Crippen LogP contribution in [0.5, 0.6) is 0 Å². The Morgan fingerprint density at radius 2 is 2.25 bits per heavy atom. The smallest absolute Gasteiger partial charge is 0.145 e. The number of benzene rings is 1. The number of aliphatic hydroxyl groups excluding tert-OH is 1. The van der Waals surface area contributed by atoms with Crippen molar-refractivity contribution in [3.8, 4) is 6.07 Å². The lowest BCUT2D eigenvalue weighted by Gasteiger charge is -2.38. The molecule has 84 valence electrons. The number of rotatable bonds is 3. The summed E-state index contributed by atoms with van der Waals surface area (Å²) in [6, 6.07) is 6.70. The molecule has 1 aromatic rings. The molecule has 1 fully saturated rings. The zero-order valence-electron chi connectivity index (χ0n) is 8.86. The first-order chi connectivity index (χ1) is 7.74. The van der Waals surface area contributed by atoms with Gasteiger partial charge in [-0.25, -0.2) is 4.39 Å². The van der Waals surface area contributed by atoms with E-state index in [9.17, 15) is 4.39 Å². The molecule has 16 heavy (non-hydrogen) atoms. The topological polar surface area (TPSA) is 47.3 Å². The van der Waals surface area contributed by atoms with Gasteiger partial charge in [-0.2, -0.15) is 5.26 Å². The van der Waals surface area contributed by atoms with Crippen LogP contribution in [0.1, 0.15) is 11.1 Å². The summed E-state index contributed by atoms with van der Waals surface area (Å²) >= 11 is 0. The van der Waals surface area contributed by atoms with E-state index in [1.165, 1.54) is 6.07 Å². The summed E-state index contributed by atoms with van der Waals surface area (Å²) in [6.45, 7) is 2.30. The number of hydrogen-bond donors (Lipinski definition) is 1. The molecule has 1 heterocycles. The van der Waals surface area contributed by atoms with Gasteiger partial charge < -0.3 is 5.11 Å². The van der Waals surface area contributed by atoms with Crippen LogP contribution in [0.2, 0.25) is 0 Å². The molecule has 0 bridgehead atoms. The van der Waals surface area contributed by atoms with E-state index >= 15 is 0 Å². The highest BCUT2D eigenvalue weighted by Crippen LogP contribution is 2.20. The van der Waals surface area contributed by atoms with Gasteiger partial charge in [-0.3, -0.25) is 4.90 Å². The van der Waals surface area contributed by atoms with Crippen LogP contribution in [-0.4, -0.2) is 29.7 Å². The van der Waals surface area contributed by atoms with Gasteiger partial charge in [0.25, 0.3) is 0 Å². The van der Waals surface area contributed by atoms with Crippen LogP contribution in [0.4, 0.5) is 4.39 Å². The standard InChI is InChI=1S/C12H13FN2O/c13-12-10(4-14)2-1-3-11(12)7-15-5-9(6-15)8-16/h1-3,9,16H,5-8H2. The monoisotopic (exact) mass is 220 g/mol. The molecular formula is C12H13FN2O.